The molecule has 0 saturated heterocycles. The molecule has 2 amide bonds. The monoisotopic (exact) mass is 260 g/mol. The largest absolute Gasteiger partial charge is 0.361 e. The van der Waals surface area contributed by atoms with Crippen molar-refractivity contribution in [3.8, 4) is 0 Å². The summed E-state index contributed by atoms with van der Waals surface area (Å²) in [5.41, 5.74) is 4.95. The topological polar surface area (TPSA) is 62.9 Å². The van der Waals surface area contributed by atoms with Crippen molar-refractivity contribution < 1.29 is 4.79 Å². The minimum atomic E-state index is -0.204. The molecule has 0 aliphatic carbocycles. The van der Waals surface area contributed by atoms with E-state index in [0.717, 1.165) is 0 Å². The molecule has 0 N–H and O–H groups in total. The van der Waals surface area contributed by atoms with Gasteiger partial charge in [-0.2, -0.15) is 0 Å². The minimum absolute atomic E-state index is 0.0250. The molecule has 0 aromatic carbocycles. The van der Waals surface area contributed by atoms with Crippen LogP contribution in [0, 0.1) is 0 Å². The van der Waals surface area contributed by atoms with E-state index >= 15 is 0 Å². The van der Waals surface area contributed by atoms with Crippen LogP contribution in [0.15, 0.2) is 29.5 Å². The first-order valence-electron chi connectivity index (χ1n) is 6.34. The lowest BCUT2D eigenvalue weighted by Gasteiger charge is -2.35. The van der Waals surface area contributed by atoms with Gasteiger partial charge in [0.2, 0.25) is 5.84 Å². The van der Waals surface area contributed by atoms with Crippen LogP contribution in [0.3, 0.4) is 0 Å². The van der Waals surface area contributed by atoms with Crippen molar-refractivity contribution in [2.24, 2.45) is 5.10 Å². The molecule has 2 rings (SSSR count). The van der Waals surface area contributed by atoms with Crippen LogP contribution in [0.4, 0.5) is 4.79 Å². The second kappa shape index (κ2) is 5.26. The fourth-order valence-corrected chi connectivity index (χ4v) is 1.68. The highest BCUT2D eigenvalue weighted by atomic mass is 16.2. The van der Waals surface area contributed by atoms with Crippen LogP contribution in [-0.2, 0) is 0 Å². The van der Waals surface area contributed by atoms with Crippen LogP contribution in [-0.4, -0.2) is 39.0 Å². The van der Waals surface area contributed by atoms with E-state index in [9.17, 15) is 4.79 Å². The van der Waals surface area contributed by atoms with Gasteiger partial charge in [-0.1, -0.05) is 6.07 Å². The molecule has 1 aliphatic rings. The van der Waals surface area contributed by atoms with Crippen LogP contribution in [0.25, 0.3) is 0 Å². The predicted octanol–water partition coefficient (Wildman–Crippen LogP) is 1.82. The second-order valence-electron chi connectivity index (χ2n) is 4.90. The van der Waals surface area contributed by atoms with E-state index in [1.807, 2.05) is 45.9 Å². The molecule has 1 radical (unpaired) electrons. The molecule has 0 atom stereocenters. The van der Waals surface area contributed by atoms with Gasteiger partial charge in [-0.3, -0.25) is 4.98 Å². The zero-order chi connectivity index (χ0) is 14.0. The fourth-order valence-electron chi connectivity index (χ4n) is 1.68. The normalized spacial score (nSPS) is 15.9. The zero-order valence-corrected chi connectivity index (χ0v) is 11.6. The molecule has 0 unspecified atom stereocenters. The van der Waals surface area contributed by atoms with Crippen LogP contribution >= 0.6 is 0 Å². The Kier molecular flexibility index (Phi) is 3.69. The molecule has 1 aromatic rings. The number of amides is 2. The van der Waals surface area contributed by atoms with Crippen molar-refractivity contribution in [3.63, 3.8) is 0 Å². The quantitative estimate of drug-likeness (QED) is 0.832. The summed E-state index contributed by atoms with van der Waals surface area (Å²) in [7, 11) is 0. The highest BCUT2D eigenvalue weighted by Crippen LogP contribution is 2.14. The van der Waals surface area contributed by atoms with Gasteiger partial charge >= 0.3 is 6.03 Å². The van der Waals surface area contributed by atoms with Crippen molar-refractivity contribution in [1.82, 2.24) is 20.4 Å². The Morgan fingerprint density at radius 3 is 2.26 bits per heavy atom. The number of nitrogens with zero attached hydrogens (tertiary/aromatic N) is 5. The first-order chi connectivity index (χ1) is 9.00. The summed E-state index contributed by atoms with van der Waals surface area (Å²) in [6.07, 6.45) is 1.68. The van der Waals surface area contributed by atoms with Crippen molar-refractivity contribution in [2.75, 3.05) is 0 Å². The van der Waals surface area contributed by atoms with Gasteiger partial charge < -0.3 is 0 Å². The summed E-state index contributed by atoms with van der Waals surface area (Å²) < 4.78 is 0. The average Bonchev–Trinajstić information content (AvgIpc) is 2.39. The maximum Gasteiger partial charge on any atom is 0.361 e. The van der Waals surface area contributed by atoms with Crippen LogP contribution in [0.1, 0.15) is 33.4 Å². The summed E-state index contributed by atoms with van der Waals surface area (Å²) in [6, 6.07) is 5.28. The zero-order valence-electron chi connectivity index (χ0n) is 11.6. The third-order valence-electron chi connectivity index (χ3n) is 2.67. The Morgan fingerprint density at radius 2 is 1.74 bits per heavy atom. The van der Waals surface area contributed by atoms with Gasteiger partial charge in [-0.05, 0) is 39.8 Å². The first kappa shape index (κ1) is 13.3. The lowest BCUT2D eigenvalue weighted by atomic mass is 10.3. The number of urea groups is 1. The molecular weight excluding hydrogens is 242 g/mol. The van der Waals surface area contributed by atoms with E-state index in [1.165, 1.54) is 10.0 Å². The number of hydrogen-bond donors (Lipinski definition) is 0. The molecule has 1 aliphatic heterocycles. The number of carbonyl (C=O) groups is 1. The van der Waals surface area contributed by atoms with E-state index in [1.54, 1.807) is 6.20 Å². The van der Waals surface area contributed by atoms with Crippen molar-refractivity contribution in [3.05, 3.63) is 30.1 Å². The fraction of sp³-hybridized carbons (Fsp3) is 0.462. The van der Waals surface area contributed by atoms with Crippen molar-refractivity contribution >= 4 is 11.9 Å². The number of rotatable bonds is 3. The summed E-state index contributed by atoms with van der Waals surface area (Å²) in [4.78, 5) is 16.4. The molecule has 1 aromatic heterocycles. The van der Waals surface area contributed by atoms with Crippen LogP contribution in [0.2, 0.25) is 0 Å². The Bertz CT molecular complexity index is 483. The summed E-state index contributed by atoms with van der Waals surface area (Å²) >= 11 is 0. The van der Waals surface area contributed by atoms with E-state index in [0.29, 0.717) is 11.5 Å². The molecule has 0 fully saturated rings. The maximum atomic E-state index is 12.2. The van der Waals surface area contributed by atoms with Gasteiger partial charge in [-0.25, -0.2) is 14.8 Å². The average molecular weight is 260 g/mol. The third kappa shape index (κ3) is 2.67. The molecule has 101 valence electrons. The molecule has 0 saturated carbocycles. The minimum Gasteiger partial charge on any atom is -0.253 e. The summed E-state index contributed by atoms with van der Waals surface area (Å²) in [5.74, 6) is 0.461. The van der Waals surface area contributed by atoms with Gasteiger partial charge in [0.1, 0.15) is 5.69 Å². The molecule has 2 heterocycles. The maximum absolute atomic E-state index is 12.2. The summed E-state index contributed by atoms with van der Waals surface area (Å²) in [5, 5.41) is 7.18. The SMILES string of the molecule is CC(C)N1[N]C(c2ccccn2)=NN(C(C)C)C1=O. The first-order valence-corrected chi connectivity index (χ1v) is 6.34. The van der Waals surface area contributed by atoms with E-state index in [2.05, 4.69) is 15.5 Å². The Hall–Kier alpha value is -2.11. The van der Waals surface area contributed by atoms with Gasteiger partial charge in [0.15, 0.2) is 0 Å². The smallest absolute Gasteiger partial charge is 0.253 e. The number of hydrogen-bond acceptors (Lipinski definition) is 3. The highest BCUT2D eigenvalue weighted by molar-refractivity contribution is 5.99. The van der Waals surface area contributed by atoms with Crippen molar-refractivity contribution in [2.45, 2.75) is 39.8 Å². The number of pyridine rings is 1. The van der Waals surface area contributed by atoms with Gasteiger partial charge in [0.05, 0.1) is 12.1 Å². The lowest BCUT2D eigenvalue weighted by molar-refractivity contribution is 0.103. The van der Waals surface area contributed by atoms with Gasteiger partial charge in [0, 0.05) is 6.20 Å². The lowest BCUT2D eigenvalue weighted by Crippen LogP contribution is -2.56. The number of carbonyl (C=O) groups excluding carboxylic acids is 1. The van der Waals surface area contributed by atoms with Crippen molar-refractivity contribution in [1.29, 1.82) is 0 Å². The molecule has 19 heavy (non-hydrogen) atoms. The number of hydrazone groups is 1. The van der Waals surface area contributed by atoms with Gasteiger partial charge in [0.25, 0.3) is 0 Å². The Labute approximate surface area is 113 Å². The summed E-state index contributed by atoms with van der Waals surface area (Å²) in [6.45, 7) is 7.67. The molecular formula is C13H18N5O. The molecule has 0 bridgehead atoms. The Balaban J connectivity index is 2.38. The third-order valence-corrected chi connectivity index (χ3v) is 2.67. The van der Waals surface area contributed by atoms with E-state index in [-0.39, 0.29) is 18.1 Å². The van der Waals surface area contributed by atoms with E-state index in [4.69, 9.17) is 0 Å². The standard InChI is InChI=1S/C13H18N5O/c1-9(2)17-13(19)18(10(3)4)16-12(15-17)11-7-5-6-8-14-11/h5-10H,1-4H3. The molecule has 6 heteroatoms. The Morgan fingerprint density at radius 1 is 1.05 bits per heavy atom. The molecule has 0 spiro atoms. The van der Waals surface area contributed by atoms with Gasteiger partial charge in [-0.15, -0.1) is 10.5 Å². The highest BCUT2D eigenvalue weighted by Gasteiger charge is 2.33. The number of amidine groups is 1. The van der Waals surface area contributed by atoms with Crippen LogP contribution in [0.5, 0.6) is 0 Å². The second-order valence-corrected chi connectivity index (χ2v) is 4.90. The molecule has 6 nitrogen and oxygen atoms in total. The predicted molar refractivity (Wildman–Crippen MR) is 72.3 cm³/mol. The van der Waals surface area contributed by atoms with E-state index < -0.39 is 0 Å². The number of aromatic nitrogens is 1. The van der Waals surface area contributed by atoms with Crippen LogP contribution < -0.4 is 5.43 Å².